The minimum Gasteiger partial charge on any atom is -0.481 e. The topological polar surface area (TPSA) is 40.5 Å². The Hall–Kier alpha value is -1.35. The maximum absolute atomic E-state index is 10.6. The average Bonchev–Trinajstić information content (AvgIpc) is 2.85. The quantitative estimate of drug-likeness (QED) is 0.884. The van der Waals surface area contributed by atoms with Crippen molar-refractivity contribution < 1.29 is 9.90 Å². The third-order valence-electron chi connectivity index (χ3n) is 4.19. The average molecular weight is 261 g/mol. The molecule has 1 aromatic rings. The van der Waals surface area contributed by atoms with Crippen LogP contribution >= 0.6 is 0 Å². The molecule has 1 aliphatic rings. The first-order valence-corrected chi connectivity index (χ1v) is 7.08. The highest BCUT2D eigenvalue weighted by atomic mass is 16.4. The number of nitrogens with zero attached hydrogens (tertiary/aromatic N) is 1. The number of aryl methyl sites for hydroxylation is 1. The first kappa shape index (κ1) is 14.1. The molecule has 19 heavy (non-hydrogen) atoms. The van der Waals surface area contributed by atoms with E-state index in [1.165, 1.54) is 11.1 Å². The number of carbonyl (C=O) groups is 1. The Bertz CT molecular complexity index is 427. The Morgan fingerprint density at radius 1 is 1.42 bits per heavy atom. The molecule has 0 amide bonds. The van der Waals surface area contributed by atoms with Gasteiger partial charge in [-0.15, -0.1) is 0 Å². The largest absolute Gasteiger partial charge is 0.481 e. The summed E-state index contributed by atoms with van der Waals surface area (Å²) in [5.41, 5.74) is 2.64. The van der Waals surface area contributed by atoms with E-state index in [1.807, 2.05) is 0 Å². The monoisotopic (exact) mass is 261 g/mol. The predicted molar refractivity (Wildman–Crippen MR) is 76.1 cm³/mol. The number of rotatable bonds is 5. The minimum atomic E-state index is -0.676. The fraction of sp³-hybridized carbons (Fsp3) is 0.562. The molecule has 0 aromatic heterocycles. The van der Waals surface area contributed by atoms with E-state index in [2.05, 4.69) is 43.0 Å². The Morgan fingerprint density at radius 2 is 2.11 bits per heavy atom. The van der Waals surface area contributed by atoms with Gasteiger partial charge in [-0.2, -0.15) is 0 Å². The molecule has 2 atom stereocenters. The molecule has 0 radical (unpaired) electrons. The molecule has 3 heteroatoms. The van der Waals surface area contributed by atoms with Crippen molar-refractivity contribution in [3.8, 4) is 0 Å². The van der Waals surface area contributed by atoms with Gasteiger partial charge in [-0.1, -0.05) is 29.8 Å². The molecular weight excluding hydrogens is 238 g/mol. The van der Waals surface area contributed by atoms with Crippen LogP contribution in [0.15, 0.2) is 24.3 Å². The van der Waals surface area contributed by atoms with E-state index in [4.69, 9.17) is 5.11 Å². The van der Waals surface area contributed by atoms with Crippen LogP contribution in [0.4, 0.5) is 0 Å². The summed E-state index contributed by atoms with van der Waals surface area (Å²) in [5, 5.41) is 8.74. The zero-order valence-electron chi connectivity index (χ0n) is 11.8. The van der Waals surface area contributed by atoms with E-state index in [9.17, 15) is 4.79 Å². The van der Waals surface area contributed by atoms with Gasteiger partial charge in [-0.05, 0) is 44.7 Å². The highest BCUT2D eigenvalue weighted by Gasteiger charge is 2.26. The lowest BCUT2D eigenvalue weighted by atomic mass is 10.0. The highest BCUT2D eigenvalue weighted by Crippen LogP contribution is 2.29. The molecule has 2 rings (SSSR count). The lowest BCUT2D eigenvalue weighted by Gasteiger charge is -2.25. The third-order valence-corrected chi connectivity index (χ3v) is 4.19. The lowest BCUT2D eigenvalue weighted by molar-refractivity contribution is -0.137. The van der Waals surface area contributed by atoms with Crippen LogP contribution in [0.25, 0.3) is 0 Å². The van der Waals surface area contributed by atoms with E-state index < -0.39 is 5.97 Å². The van der Waals surface area contributed by atoms with Crippen molar-refractivity contribution in [2.24, 2.45) is 5.92 Å². The van der Waals surface area contributed by atoms with Crippen molar-refractivity contribution >= 4 is 5.97 Å². The second-order valence-electron chi connectivity index (χ2n) is 5.67. The number of benzene rings is 1. The number of likely N-dealkylation sites (tertiary alicyclic amines) is 1. The second kappa shape index (κ2) is 6.20. The molecule has 1 aliphatic heterocycles. The molecular formula is C16H23NO2. The molecule has 0 bridgehead atoms. The van der Waals surface area contributed by atoms with Crippen LogP contribution in [0.3, 0.4) is 0 Å². The van der Waals surface area contributed by atoms with Crippen LogP contribution in [-0.4, -0.2) is 29.1 Å². The number of carboxylic acids is 1. The molecule has 1 saturated heterocycles. The molecule has 1 fully saturated rings. The van der Waals surface area contributed by atoms with Crippen molar-refractivity contribution in [2.75, 3.05) is 13.1 Å². The van der Waals surface area contributed by atoms with Crippen molar-refractivity contribution in [3.63, 3.8) is 0 Å². The molecule has 0 saturated carbocycles. The molecule has 1 heterocycles. The molecule has 2 unspecified atom stereocenters. The Kier molecular flexibility index (Phi) is 4.59. The van der Waals surface area contributed by atoms with E-state index in [1.54, 1.807) is 0 Å². The van der Waals surface area contributed by atoms with Gasteiger partial charge in [0.15, 0.2) is 0 Å². The van der Waals surface area contributed by atoms with E-state index in [-0.39, 0.29) is 0 Å². The van der Waals surface area contributed by atoms with Gasteiger partial charge in [0.1, 0.15) is 0 Å². The predicted octanol–water partition coefficient (Wildman–Crippen LogP) is 3.24. The molecule has 1 N–H and O–H groups in total. The van der Waals surface area contributed by atoms with Crippen LogP contribution < -0.4 is 0 Å². The van der Waals surface area contributed by atoms with Gasteiger partial charge >= 0.3 is 5.97 Å². The number of aliphatic carboxylic acids is 1. The van der Waals surface area contributed by atoms with E-state index in [0.717, 1.165) is 25.9 Å². The van der Waals surface area contributed by atoms with Gasteiger partial charge < -0.3 is 5.11 Å². The van der Waals surface area contributed by atoms with Crippen LogP contribution in [-0.2, 0) is 4.79 Å². The van der Waals surface area contributed by atoms with Gasteiger partial charge in [-0.3, -0.25) is 9.69 Å². The van der Waals surface area contributed by atoms with Crippen LogP contribution in [0, 0.1) is 12.8 Å². The summed E-state index contributed by atoms with van der Waals surface area (Å²) in [6.45, 7) is 6.46. The van der Waals surface area contributed by atoms with Crippen molar-refractivity contribution in [1.29, 1.82) is 0 Å². The summed E-state index contributed by atoms with van der Waals surface area (Å²) in [7, 11) is 0. The fourth-order valence-electron chi connectivity index (χ4n) is 2.83. The zero-order chi connectivity index (χ0) is 13.8. The summed E-state index contributed by atoms with van der Waals surface area (Å²) in [6, 6.07) is 9.14. The van der Waals surface area contributed by atoms with E-state index >= 15 is 0 Å². The Balaban J connectivity index is 1.89. The van der Waals surface area contributed by atoms with Crippen LogP contribution in [0.2, 0.25) is 0 Å². The van der Waals surface area contributed by atoms with Crippen molar-refractivity contribution in [2.45, 2.75) is 39.2 Å². The third kappa shape index (κ3) is 3.80. The lowest BCUT2D eigenvalue weighted by Crippen LogP contribution is -2.24. The number of hydrogen-bond donors (Lipinski definition) is 1. The first-order valence-electron chi connectivity index (χ1n) is 7.08. The SMILES string of the molecule is Cc1ccc(C(C)N2CCC(CCC(=O)O)C2)cc1. The number of hydrogen-bond acceptors (Lipinski definition) is 2. The van der Waals surface area contributed by atoms with Gasteiger partial charge in [-0.25, -0.2) is 0 Å². The molecule has 0 aliphatic carbocycles. The molecule has 3 nitrogen and oxygen atoms in total. The first-order chi connectivity index (χ1) is 9.06. The highest BCUT2D eigenvalue weighted by molar-refractivity contribution is 5.66. The van der Waals surface area contributed by atoms with Gasteiger partial charge in [0.25, 0.3) is 0 Å². The van der Waals surface area contributed by atoms with E-state index in [0.29, 0.717) is 18.4 Å². The number of carboxylic acid groups (broad SMARTS) is 1. The van der Waals surface area contributed by atoms with Crippen LogP contribution in [0.5, 0.6) is 0 Å². The summed E-state index contributed by atoms with van der Waals surface area (Å²) < 4.78 is 0. The van der Waals surface area contributed by atoms with Gasteiger partial charge in [0.2, 0.25) is 0 Å². The summed E-state index contributed by atoms with van der Waals surface area (Å²) in [6.07, 6.45) is 2.24. The Labute approximate surface area is 115 Å². The van der Waals surface area contributed by atoms with Crippen LogP contribution in [0.1, 0.15) is 43.4 Å². The maximum atomic E-state index is 10.6. The summed E-state index contributed by atoms with van der Waals surface area (Å²) in [4.78, 5) is 13.1. The standard InChI is InChI=1S/C16H23NO2/c1-12-3-6-15(7-4-12)13(2)17-10-9-14(11-17)5-8-16(18)19/h3-4,6-7,13-14H,5,8-11H2,1-2H3,(H,18,19). The van der Waals surface area contributed by atoms with Gasteiger partial charge in [0, 0.05) is 19.0 Å². The van der Waals surface area contributed by atoms with Gasteiger partial charge in [0.05, 0.1) is 0 Å². The second-order valence-corrected chi connectivity index (χ2v) is 5.67. The maximum Gasteiger partial charge on any atom is 0.303 e. The molecule has 1 aromatic carbocycles. The van der Waals surface area contributed by atoms with Crippen molar-refractivity contribution in [1.82, 2.24) is 4.90 Å². The summed E-state index contributed by atoms with van der Waals surface area (Å²) >= 11 is 0. The molecule has 0 spiro atoms. The van der Waals surface area contributed by atoms with Crippen molar-refractivity contribution in [3.05, 3.63) is 35.4 Å². The zero-order valence-corrected chi connectivity index (χ0v) is 11.8. The fourth-order valence-corrected chi connectivity index (χ4v) is 2.83. The normalized spacial score (nSPS) is 21.5. The molecule has 104 valence electrons. The summed E-state index contributed by atoms with van der Waals surface area (Å²) in [5.74, 6) is -0.131. The Morgan fingerprint density at radius 3 is 2.74 bits per heavy atom. The minimum absolute atomic E-state index is 0.303. The smallest absolute Gasteiger partial charge is 0.303 e.